The van der Waals surface area contributed by atoms with Crippen LogP contribution in [0.1, 0.15) is 33.4 Å². The number of aromatic amines is 1. The van der Waals surface area contributed by atoms with E-state index in [4.69, 9.17) is 9.47 Å². The third-order valence-electron chi connectivity index (χ3n) is 4.52. The molecule has 2 heterocycles. The van der Waals surface area contributed by atoms with E-state index < -0.39 is 47.6 Å². The summed E-state index contributed by atoms with van der Waals surface area (Å²) in [6.45, 7) is 4.33. The van der Waals surface area contributed by atoms with Crippen molar-refractivity contribution in [3.05, 3.63) is 33.1 Å². The van der Waals surface area contributed by atoms with E-state index in [1.54, 1.807) is 6.92 Å². The van der Waals surface area contributed by atoms with Crippen molar-refractivity contribution in [1.82, 2.24) is 14.9 Å². The summed E-state index contributed by atoms with van der Waals surface area (Å²) < 4.78 is 12.3. The lowest BCUT2D eigenvalue weighted by Gasteiger charge is -2.20. The normalized spacial score (nSPS) is 25.8. The lowest BCUT2D eigenvalue weighted by Crippen LogP contribution is -2.47. The maximum absolute atomic E-state index is 12.6. The number of Topliss-reactive ketones (excluding diaryl/α,β-unsaturated/α-hetero) is 2. The quantitative estimate of drug-likeness (QED) is 0.627. The molecule has 0 saturated carbocycles. The van der Waals surface area contributed by atoms with Gasteiger partial charge in [0.2, 0.25) is 5.91 Å². The molecule has 1 amide bonds. The Morgan fingerprint density at radius 2 is 2.00 bits per heavy atom. The molecule has 0 radical (unpaired) electrons. The van der Waals surface area contributed by atoms with Crippen LogP contribution < -0.4 is 16.6 Å². The minimum atomic E-state index is -1.01. The highest BCUT2D eigenvalue weighted by atomic mass is 16.6. The summed E-state index contributed by atoms with van der Waals surface area (Å²) in [4.78, 5) is 61.0. The first-order valence-electron chi connectivity index (χ1n) is 8.45. The van der Waals surface area contributed by atoms with Gasteiger partial charge in [0.25, 0.3) is 5.56 Å². The molecule has 10 heteroatoms. The standard InChI is InChI=1S/C17H23N3O7/c1-8(21)7-11(10(3)22)18-15(24)13-9(2)14(26-4)16(27-13)20-6-5-12(23)19-17(20)25/h5-6,9,11,13-14,16H,7H2,1-4H3,(H,18,24)(H,19,23,25)/t9?,11-,13+,14+,16-/m1/s1. The molecule has 1 aliphatic heterocycles. The number of H-pyrrole nitrogens is 1. The number of hydrogen-bond donors (Lipinski definition) is 2. The number of rotatable bonds is 7. The van der Waals surface area contributed by atoms with Gasteiger partial charge in [0.1, 0.15) is 18.0 Å². The number of ether oxygens (including phenoxy) is 2. The summed E-state index contributed by atoms with van der Waals surface area (Å²) >= 11 is 0. The second-order valence-electron chi connectivity index (χ2n) is 6.60. The van der Waals surface area contributed by atoms with Crippen molar-refractivity contribution in [2.24, 2.45) is 5.92 Å². The Kier molecular flexibility index (Phi) is 6.45. The third kappa shape index (κ3) is 4.58. The zero-order chi connectivity index (χ0) is 20.3. The van der Waals surface area contributed by atoms with E-state index in [-0.39, 0.29) is 18.0 Å². The van der Waals surface area contributed by atoms with E-state index in [1.165, 1.54) is 27.2 Å². The predicted octanol–water partition coefficient (Wildman–Crippen LogP) is -0.862. The van der Waals surface area contributed by atoms with Gasteiger partial charge in [-0.25, -0.2) is 4.79 Å². The van der Waals surface area contributed by atoms with Crippen LogP contribution in [0.25, 0.3) is 0 Å². The number of hydrogen-bond acceptors (Lipinski definition) is 7. The Balaban J connectivity index is 2.24. The number of amides is 1. The summed E-state index contributed by atoms with van der Waals surface area (Å²) in [6, 6.07) is 0.218. The molecule has 1 aromatic rings. The van der Waals surface area contributed by atoms with Crippen LogP contribution in [0.15, 0.2) is 21.9 Å². The Bertz CT molecular complexity index is 843. The van der Waals surface area contributed by atoms with Crippen molar-refractivity contribution in [3.63, 3.8) is 0 Å². The number of nitrogens with zero attached hydrogens (tertiary/aromatic N) is 1. The Morgan fingerprint density at radius 1 is 1.33 bits per heavy atom. The van der Waals surface area contributed by atoms with Gasteiger partial charge < -0.3 is 14.8 Å². The summed E-state index contributed by atoms with van der Waals surface area (Å²) in [7, 11) is 1.42. The van der Waals surface area contributed by atoms with Crippen molar-refractivity contribution in [2.75, 3.05) is 7.11 Å². The number of aromatic nitrogens is 2. The number of ketones is 2. The minimum absolute atomic E-state index is 0.112. The number of carbonyl (C=O) groups is 3. The highest BCUT2D eigenvalue weighted by Gasteiger charge is 2.47. The Morgan fingerprint density at radius 3 is 2.52 bits per heavy atom. The molecule has 0 bridgehead atoms. The van der Waals surface area contributed by atoms with Gasteiger partial charge in [0.15, 0.2) is 12.0 Å². The predicted molar refractivity (Wildman–Crippen MR) is 93.1 cm³/mol. The zero-order valence-corrected chi connectivity index (χ0v) is 15.6. The second-order valence-corrected chi connectivity index (χ2v) is 6.60. The van der Waals surface area contributed by atoms with Crippen LogP contribution in [0, 0.1) is 5.92 Å². The van der Waals surface area contributed by atoms with E-state index in [1.807, 2.05) is 0 Å². The van der Waals surface area contributed by atoms with Crippen molar-refractivity contribution in [3.8, 4) is 0 Å². The van der Waals surface area contributed by atoms with E-state index in [0.717, 1.165) is 10.6 Å². The van der Waals surface area contributed by atoms with Crippen LogP contribution in [0.2, 0.25) is 0 Å². The number of methoxy groups -OCH3 is 1. The molecule has 2 rings (SSSR count). The van der Waals surface area contributed by atoms with Crippen LogP contribution in [0.4, 0.5) is 0 Å². The van der Waals surface area contributed by atoms with Gasteiger partial charge in [0.05, 0.1) is 6.04 Å². The van der Waals surface area contributed by atoms with Gasteiger partial charge in [-0.15, -0.1) is 0 Å². The highest BCUT2D eigenvalue weighted by Crippen LogP contribution is 2.35. The van der Waals surface area contributed by atoms with Crippen molar-refractivity contribution in [1.29, 1.82) is 0 Å². The largest absolute Gasteiger partial charge is 0.376 e. The van der Waals surface area contributed by atoms with Gasteiger partial charge in [-0.3, -0.25) is 28.7 Å². The second kappa shape index (κ2) is 8.40. The van der Waals surface area contributed by atoms with Gasteiger partial charge in [-0.05, 0) is 13.8 Å². The van der Waals surface area contributed by atoms with Gasteiger partial charge in [-0.1, -0.05) is 6.92 Å². The van der Waals surface area contributed by atoms with E-state index in [0.29, 0.717) is 0 Å². The first-order chi connectivity index (χ1) is 12.6. The molecule has 0 aliphatic carbocycles. The molecule has 1 aromatic heterocycles. The molecule has 27 heavy (non-hydrogen) atoms. The average Bonchev–Trinajstić information content (AvgIpc) is 2.90. The van der Waals surface area contributed by atoms with Crippen LogP contribution in [0.5, 0.6) is 0 Å². The molecule has 0 aromatic carbocycles. The lowest BCUT2D eigenvalue weighted by atomic mass is 9.98. The fourth-order valence-corrected chi connectivity index (χ4v) is 3.10. The first kappa shape index (κ1) is 20.7. The Labute approximate surface area is 154 Å². The summed E-state index contributed by atoms with van der Waals surface area (Å²) in [5.74, 6) is -1.61. The van der Waals surface area contributed by atoms with Crippen molar-refractivity contribution < 1.29 is 23.9 Å². The first-order valence-corrected chi connectivity index (χ1v) is 8.45. The summed E-state index contributed by atoms with van der Waals surface area (Å²) in [5.41, 5.74) is -1.25. The molecule has 1 saturated heterocycles. The fraction of sp³-hybridized carbons (Fsp3) is 0.588. The summed E-state index contributed by atoms with van der Waals surface area (Å²) in [5, 5.41) is 2.53. The van der Waals surface area contributed by atoms with Crippen LogP contribution in [-0.4, -0.2) is 52.4 Å². The molecule has 1 fully saturated rings. The molecule has 1 aliphatic rings. The van der Waals surface area contributed by atoms with Gasteiger partial charge >= 0.3 is 5.69 Å². The molecule has 0 spiro atoms. The zero-order valence-electron chi connectivity index (χ0n) is 15.6. The van der Waals surface area contributed by atoms with Crippen molar-refractivity contribution >= 4 is 17.5 Å². The number of carbonyl (C=O) groups excluding carboxylic acids is 3. The lowest BCUT2D eigenvalue weighted by molar-refractivity contribution is -0.139. The van der Waals surface area contributed by atoms with Crippen molar-refractivity contribution in [2.45, 2.75) is 51.7 Å². The van der Waals surface area contributed by atoms with E-state index >= 15 is 0 Å². The van der Waals surface area contributed by atoms with Crippen LogP contribution in [-0.2, 0) is 23.9 Å². The van der Waals surface area contributed by atoms with Gasteiger partial charge in [-0.2, -0.15) is 0 Å². The number of nitrogens with one attached hydrogen (secondary N) is 2. The molecule has 1 unspecified atom stereocenters. The summed E-state index contributed by atoms with van der Waals surface area (Å²) in [6.07, 6.45) is -1.44. The SMILES string of the molecule is CO[C@H]1C(C)[C@@H](C(=O)N[C@H](CC(C)=O)C(C)=O)O[C@H]1n1ccc(=O)[nH]c1=O. The van der Waals surface area contributed by atoms with E-state index in [2.05, 4.69) is 10.3 Å². The minimum Gasteiger partial charge on any atom is -0.376 e. The third-order valence-corrected chi connectivity index (χ3v) is 4.52. The molecule has 5 atom stereocenters. The molecule has 148 valence electrons. The Hall–Kier alpha value is -2.59. The highest BCUT2D eigenvalue weighted by molar-refractivity contribution is 5.93. The fourth-order valence-electron chi connectivity index (χ4n) is 3.10. The smallest absolute Gasteiger partial charge is 0.330 e. The van der Waals surface area contributed by atoms with Gasteiger partial charge in [0, 0.05) is 31.7 Å². The maximum Gasteiger partial charge on any atom is 0.330 e. The topological polar surface area (TPSA) is 137 Å². The van der Waals surface area contributed by atoms with Crippen LogP contribution in [0.3, 0.4) is 0 Å². The average molecular weight is 381 g/mol. The molecular weight excluding hydrogens is 358 g/mol. The maximum atomic E-state index is 12.6. The molecule has 2 N–H and O–H groups in total. The van der Waals surface area contributed by atoms with Crippen LogP contribution >= 0.6 is 0 Å². The molecule has 10 nitrogen and oxygen atoms in total. The monoisotopic (exact) mass is 381 g/mol. The van der Waals surface area contributed by atoms with E-state index in [9.17, 15) is 24.0 Å². The molecular formula is C17H23N3O7.